The Hall–Kier alpha value is -2.93. The molecule has 2 aromatic carbocycles. The van der Waals surface area contributed by atoms with E-state index in [9.17, 15) is 9.18 Å². The zero-order chi connectivity index (χ0) is 21.1. The third-order valence-electron chi connectivity index (χ3n) is 5.01. The highest BCUT2D eigenvalue weighted by Gasteiger charge is 2.35. The fourth-order valence-corrected chi connectivity index (χ4v) is 3.50. The molecule has 1 amide bonds. The van der Waals surface area contributed by atoms with Gasteiger partial charge in [0, 0.05) is 24.2 Å². The minimum Gasteiger partial charge on any atom is -0.494 e. The Labute approximate surface area is 178 Å². The topological polar surface area (TPSA) is 68.5 Å². The molecule has 156 valence electrons. The molecule has 0 aliphatic carbocycles. The number of ether oxygens (including phenoxy) is 1. The minimum atomic E-state index is -0.521. The van der Waals surface area contributed by atoms with Crippen LogP contribution < -0.4 is 9.64 Å². The Bertz CT molecular complexity index is 1040. The second-order valence-electron chi connectivity index (χ2n) is 7.19. The standard InChI is InChI=1S/C22H21ClFN3O3/c1-2-3-10-29-17-7-4-14(5-8-17)21-25-22(30-26-21)15-11-20(28)27(13-15)16-6-9-19(24)18(23)12-16/h4-9,12,15H,2-3,10-11,13H2,1H3. The van der Waals surface area contributed by atoms with Crippen LogP contribution in [0.5, 0.6) is 5.75 Å². The molecule has 1 saturated heterocycles. The molecule has 3 aromatic rings. The van der Waals surface area contributed by atoms with E-state index < -0.39 is 5.82 Å². The molecule has 2 heterocycles. The van der Waals surface area contributed by atoms with Crippen LogP contribution in [-0.2, 0) is 4.79 Å². The molecule has 30 heavy (non-hydrogen) atoms. The summed E-state index contributed by atoms with van der Waals surface area (Å²) in [5.41, 5.74) is 1.35. The quantitative estimate of drug-likeness (QED) is 0.481. The highest BCUT2D eigenvalue weighted by molar-refractivity contribution is 6.31. The van der Waals surface area contributed by atoms with Gasteiger partial charge in [-0.15, -0.1) is 0 Å². The Morgan fingerprint density at radius 2 is 2.07 bits per heavy atom. The van der Waals surface area contributed by atoms with Gasteiger partial charge in [-0.25, -0.2) is 4.39 Å². The summed E-state index contributed by atoms with van der Waals surface area (Å²) in [7, 11) is 0. The predicted molar refractivity (Wildman–Crippen MR) is 111 cm³/mol. The second-order valence-corrected chi connectivity index (χ2v) is 7.59. The minimum absolute atomic E-state index is 0.0223. The molecular formula is C22H21ClFN3O3. The maximum atomic E-state index is 13.4. The number of unbranched alkanes of at least 4 members (excludes halogenated alkanes) is 1. The van der Waals surface area contributed by atoms with Gasteiger partial charge in [0.1, 0.15) is 11.6 Å². The first-order chi connectivity index (χ1) is 14.5. The van der Waals surface area contributed by atoms with Crippen LogP contribution in [0.3, 0.4) is 0 Å². The van der Waals surface area contributed by atoms with Crippen LogP contribution in [0.1, 0.15) is 38.0 Å². The molecule has 6 nitrogen and oxygen atoms in total. The van der Waals surface area contributed by atoms with Crippen molar-refractivity contribution in [1.29, 1.82) is 0 Å². The van der Waals surface area contributed by atoms with E-state index in [0.717, 1.165) is 24.2 Å². The van der Waals surface area contributed by atoms with Crippen LogP contribution in [0.2, 0.25) is 5.02 Å². The van der Waals surface area contributed by atoms with Gasteiger partial charge in [-0.1, -0.05) is 30.1 Å². The molecule has 1 fully saturated rings. The number of rotatable bonds is 7. The number of carbonyl (C=O) groups is 1. The van der Waals surface area contributed by atoms with Crippen molar-refractivity contribution in [2.45, 2.75) is 32.1 Å². The highest BCUT2D eigenvalue weighted by Crippen LogP contribution is 2.33. The van der Waals surface area contributed by atoms with Crippen molar-refractivity contribution in [3.63, 3.8) is 0 Å². The zero-order valence-corrected chi connectivity index (χ0v) is 17.2. The Morgan fingerprint density at radius 3 is 2.80 bits per heavy atom. The normalized spacial score (nSPS) is 16.3. The number of amides is 1. The van der Waals surface area contributed by atoms with Gasteiger partial charge in [-0.2, -0.15) is 4.98 Å². The van der Waals surface area contributed by atoms with E-state index in [2.05, 4.69) is 17.1 Å². The van der Waals surface area contributed by atoms with Crippen LogP contribution in [0.25, 0.3) is 11.4 Å². The number of anilines is 1. The molecule has 1 aliphatic rings. The second kappa shape index (κ2) is 8.83. The molecule has 0 saturated carbocycles. The predicted octanol–water partition coefficient (Wildman–Crippen LogP) is 5.23. The van der Waals surface area contributed by atoms with Gasteiger partial charge in [0.25, 0.3) is 0 Å². The van der Waals surface area contributed by atoms with Gasteiger partial charge in [-0.05, 0) is 48.9 Å². The SMILES string of the molecule is CCCCOc1ccc(-c2noc(C3CC(=O)N(c4ccc(F)c(Cl)c4)C3)n2)cc1. The van der Waals surface area contributed by atoms with Gasteiger partial charge < -0.3 is 14.2 Å². The summed E-state index contributed by atoms with van der Waals surface area (Å²) in [6, 6.07) is 11.7. The van der Waals surface area contributed by atoms with Crippen LogP contribution in [0, 0.1) is 5.82 Å². The van der Waals surface area contributed by atoms with Crippen molar-refractivity contribution in [3.05, 3.63) is 59.2 Å². The molecule has 8 heteroatoms. The number of nitrogens with zero attached hydrogens (tertiary/aromatic N) is 3. The number of halogens is 2. The molecule has 1 aliphatic heterocycles. The first kappa shape index (κ1) is 20.3. The average Bonchev–Trinajstić information content (AvgIpc) is 3.38. The number of hydrogen-bond acceptors (Lipinski definition) is 5. The molecule has 0 N–H and O–H groups in total. The van der Waals surface area contributed by atoms with E-state index in [1.165, 1.54) is 18.2 Å². The molecule has 1 atom stereocenters. The molecule has 4 rings (SSSR count). The van der Waals surface area contributed by atoms with Crippen LogP contribution in [0.15, 0.2) is 47.0 Å². The lowest BCUT2D eigenvalue weighted by molar-refractivity contribution is -0.117. The third-order valence-corrected chi connectivity index (χ3v) is 5.30. The van der Waals surface area contributed by atoms with Gasteiger partial charge in [0.05, 0.1) is 17.5 Å². The summed E-state index contributed by atoms with van der Waals surface area (Å²) in [5, 5.41) is 4.03. The first-order valence-electron chi connectivity index (χ1n) is 9.87. The average molecular weight is 430 g/mol. The lowest BCUT2D eigenvalue weighted by Gasteiger charge is -2.16. The van der Waals surface area contributed by atoms with E-state index in [0.29, 0.717) is 30.6 Å². The van der Waals surface area contributed by atoms with Gasteiger partial charge in [-0.3, -0.25) is 4.79 Å². The zero-order valence-electron chi connectivity index (χ0n) is 16.5. The van der Waals surface area contributed by atoms with Gasteiger partial charge in [0.15, 0.2) is 0 Å². The smallest absolute Gasteiger partial charge is 0.232 e. The molecule has 0 radical (unpaired) electrons. The van der Waals surface area contributed by atoms with Crippen molar-refractivity contribution in [3.8, 4) is 17.1 Å². The monoisotopic (exact) mass is 429 g/mol. The molecule has 1 unspecified atom stereocenters. The molecular weight excluding hydrogens is 409 g/mol. The van der Waals surface area contributed by atoms with Crippen molar-refractivity contribution in [2.24, 2.45) is 0 Å². The fraction of sp³-hybridized carbons (Fsp3) is 0.318. The van der Waals surface area contributed by atoms with Gasteiger partial charge in [0.2, 0.25) is 17.6 Å². The number of benzene rings is 2. The van der Waals surface area contributed by atoms with Crippen molar-refractivity contribution in [2.75, 3.05) is 18.1 Å². The molecule has 0 spiro atoms. The summed E-state index contributed by atoms with van der Waals surface area (Å²) >= 11 is 5.85. The van der Waals surface area contributed by atoms with E-state index >= 15 is 0 Å². The summed E-state index contributed by atoms with van der Waals surface area (Å²) in [4.78, 5) is 18.5. The molecule has 0 bridgehead atoms. The fourth-order valence-electron chi connectivity index (χ4n) is 3.33. The Balaban J connectivity index is 1.45. The maximum Gasteiger partial charge on any atom is 0.232 e. The number of aromatic nitrogens is 2. The lowest BCUT2D eigenvalue weighted by Crippen LogP contribution is -2.24. The summed E-state index contributed by atoms with van der Waals surface area (Å²) in [5.74, 6) is 0.797. The summed E-state index contributed by atoms with van der Waals surface area (Å²) < 4.78 is 24.5. The highest BCUT2D eigenvalue weighted by atomic mass is 35.5. The van der Waals surface area contributed by atoms with Crippen molar-refractivity contribution >= 4 is 23.2 Å². The van der Waals surface area contributed by atoms with Crippen molar-refractivity contribution in [1.82, 2.24) is 10.1 Å². The Morgan fingerprint density at radius 1 is 1.27 bits per heavy atom. The van der Waals surface area contributed by atoms with Crippen LogP contribution in [-0.4, -0.2) is 29.2 Å². The van der Waals surface area contributed by atoms with E-state index in [-0.39, 0.29) is 23.3 Å². The first-order valence-corrected chi connectivity index (χ1v) is 10.2. The third kappa shape index (κ3) is 4.31. The van der Waals surface area contributed by atoms with Crippen LogP contribution >= 0.6 is 11.6 Å². The largest absolute Gasteiger partial charge is 0.494 e. The summed E-state index contributed by atoms with van der Waals surface area (Å²) in [6.45, 7) is 3.17. The van der Waals surface area contributed by atoms with E-state index in [1.807, 2.05) is 24.3 Å². The van der Waals surface area contributed by atoms with Crippen LogP contribution in [0.4, 0.5) is 10.1 Å². The summed E-state index contributed by atoms with van der Waals surface area (Å²) in [6.07, 6.45) is 2.33. The lowest BCUT2D eigenvalue weighted by atomic mass is 10.1. The number of carbonyl (C=O) groups excluding carboxylic acids is 1. The van der Waals surface area contributed by atoms with E-state index in [4.69, 9.17) is 20.9 Å². The van der Waals surface area contributed by atoms with E-state index in [1.54, 1.807) is 4.90 Å². The maximum absolute atomic E-state index is 13.4. The number of hydrogen-bond donors (Lipinski definition) is 0. The molecule has 1 aromatic heterocycles. The van der Waals surface area contributed by atoms with Gasteiger partial charge >= 0.3 is 0 Å². The Kier molecular flexibility index (Phi) is 5.99. The van der Waals surface area contributed by atoms with Crippen molar-refractivity contribution < 1.29 is 18.4 Å².